The molecule has 3 N–H and O–H groups in total. The zero-order chi connectivity index (χ0) is 13.1. The Balaban J connectivity index is 1.92. The molecule has 1 atom stereocenters. The van der Waals surface area contributed by atoms with Gasteiger partial charge < -0.3 is 11.1 Å². The van der Waals surface area contributed by atoms with E-state index in [1.165, 1.54) is 18.5 Å². The first-order chi connectivity index (χ1) is 9.38. The topological polar surface area (TPSA) is 81.1 Å². The summed E-state index contributed by atoms with van der Waals surface area (Å²) < 4.78 is 1.91. The van der Waals surface area contributed by atoms with Gasteiger partial charge in [-0.25, -0.2) is 9.50 Å². The minimum atomic E-state index is 0.503. The van der Waals surface area contributed by atoms with Crippen molar-refractivity contribution in [3.63, 3.8) is 0 Å². The Morgan fingerprint density at radius 2 is 2.42 bits per heavy atom. The molecular weight excluding hydrogens is 240 g/mol. The van der Waals surface area contributed by atoms with Crippen LogP contribution in [0.4, 0.5) is 0 Å². The van der Waals surface area contributed by atoms with E-state index in [0.29, 0.717) is 18.2 Å². The van der Waals surface area contributed by atoms with E-state index in [1.807, 2.05) is 10.7 Å². The molecule has 1 saturated heterocycles. The maximum Gasteiger partial charge on any atom is 0.252 e. The van der Waals surface area contributed by atoms with Crippen molar-refractivity contribution in [1.82, 2.24) is 24.9 Å². The standard InChI is InChI=1S/C13H20N6/c14-6-1-4-12-17-13-16-8-5-11(19(13)18-12)10-3-2-7-15-9-10/h5,8,10,15H,1-4,6-7,9,14H2. The van der Waals surface area contributed by atoms with Crippen LogP contribution in [0.2, 0.25) is 0 Å². The molecule has 6 heteroatoms. The van der Waals surface area contributed by atoms with Gasteiger partial charge in [0, 0.05) is 25.1 Å². The highest BCUT2D eigenvalue weighted by molar-refractivity contribution is 5.30. The Morgan fingerprint density at radius 3 is 3.21 bits per heavy atom. The van der Waals surface area contributed by atoms with Crippen LogP contribution in [0.3, 0.4) is 0 Å². The lowest BCUT2D eigenvalue weighted by atomic mass is 9.96. The average Bonchev–Trinajstić information content (AvgIpc) is 2.88. The lowest BCUT2D eigenvalue weighted by Crippen LogP contribution is -2.29. The first-order valence-corrected chi connectivity index (χ1v) is 7.00. The number of nitrogens with zero attached hydrogens (tertiary/aromatic N) is 4. The number of piperidine rings is 1. The number of nitrogens with two attached hydrogens (primary N) is 1. The lowest BCUT2D eigenvalue weighted by molar-refractivity contribution is 0.448. The molecule has 0 radical (unpaired) electrons. The Bertz CT molecular complexity index is 543. The zero-order valence-corrected chi connectivity index (χ0v) is 11.0. The van der Waals surface area contributed by atoms with Gasteiger partial charge in [-0.05, 0) is 38.4 Å². The third-order valence-corrected chi connectivity index (χ3v) is 3.63. The predicted molar refractivity (Wildman–Crippen MR) is 73.0 cm³/mol. The van der Waals surface area contributed by atoms with Crippen molar-refractivity contribution < 1.29 is 0 Å². The van der Waals surface area contributed by atoms with Gasteiger partial charge >= 0.3 is 0 Å². The van der Waals surface area contributed by atoms with Crippen LogP contribution in [0.15, 0.2) is 12.3 Å². The Labute approximate surface area is 112 Å². The van der Waals surface area contributed by atoms with Crippen molar-refractivity contribution in [1.29, 1.82) is 0 Å². The number of aryl methyl sites for hydroxylation is 1. The van der Waals surface area contributed by atoms with E-state index in [-0.39, 0.29) is 0 Å². The molecule has 0 spiro atoms. The lowest BCUT2D eigenvalue weighted by Gasteiger charge is -2.22. The number of nitrogens with one attached hydrogen (secondary N) is 1. The second kappa shape index (κ2) is 5.63. The summed E-state index contributed by atoms with van der Waals surface area (Å²) in [5, 5.41) is 8.03. The molecule has 2 aromatic rings. The summed E-state index contributed by atoms with van der Waals surface area (Å²) in [5.74, 6) is 2.05. The summed E-state index contributed by atoms with van der Waals surface area (Å²) in [5.41, 5.74) is 6.74. The van der Waals surface area contributed by atoms with Gasteiger partial charge in [-0.1, -0.05) is 0 Å². The Hall–Kier alpha value is -1.53. The highest BCUT2D eigenvalue weighted by atomic mass is 15.3. The largest absolute Gasteiger partial charge is 0.330 e. The number of aromatic nitrogens is 4. The molecule has 0 aromatic carbocycles. The highest BCUT2D eigenvalue weighted by Gasteiger charge is 2.19. The summed E-state index contributed by atoms with van der Waals surface area (Å²) in [4.78, 5) is 8.77. The van der Waals surface area contributed by atoms with Crippen LogP contribution < -0.4 is 11.1 Å². The smallest absolute Gasteiger partial charge is 0.252 e. The Morgan fingerprint density at radius 1 is 1.47 bits per heavy atom. The fourth-order valence-electron chi connectivity index (χ4n) is 2.63. The van der Waals surface area contributed by atoms with E-state index in [1.54, 1.807) is 0 Å². The third-order valence-electron chi connectivity index (χ3n) is 3.63. The number of fused-ring (bicyclic) bond motifs is 1. The molecular formula is C13H20N6. The van der Waals surface area contributed by atoms with Crippen LogP contribution in [-0.2, 0) is 6.42 Å². The zero-order valence-electron chi connectivity index (χ0n) is 11.0. The van der Waals surface area contributed by atoms with Gasteiger partial charge in [-0.2, -0.15) is 4.98 Å². The molecule has 3 heterocycles. The molecule has 1 aliphatic heterocycles. The second-order valence-corrected chi connectivity index (χ2v) is 5.05. The molecule has 0 amide bonds. The number of hydrogen-bond donors (Lipinski definition) is 2. The Kier molecular flexibility index (Phi) is 3.70. The maximum atomic E-state index is 5.53. The minimum Gasteiger partial charge on any atom is -0.330 e. The molecule has 0 bridgehead atoms. The molecule has 0 aliphatic carbocycles. The molecule has 19 heavy (non-hydrogen) atoms. The van der Waals surface area contributed by atoms with Gasteiger partial charge in [0.1, 0.15) is 0 Å². The molecule has 0 saturated carbocycles. The van der Waals surface area contributed by atoms with Crippen LogP contribution >= 0.6 is 0 Å². The SMILES string of the molecule is NCCCc1nc2nccc(C3CCCNC3)n2n1. The molecule has 1 unspecified atom stereocenters. The predicted octanol–water partition coefficient (Wildman–Crippen LogP) is 0.483. The summed E-state index contributed by atoms with van der Waals surface area (Å²) in [6, 6.07) is 2.06. The summed E-state index contributed by atoms with van der Waals surface area (Å²) >= 11 is 0. The van der Waals surface area contributed by atoms with E-state index in [9.17, 15) is 0 Å². The minimum absolute atomic E-state index is 0.503. The normalized spacial score (nSPS) is 19.9. The van der Waals surface area contributed by atoms with E-state index in [2.05, 4.69) is 26.4 Å². The molecule has 1 fully saturated rings. The number of hydrogen-bond acceptors (Lipinski definition) is 5. The number of rotatable bonds is 4. The van der Waals surface area contributed by atoms with Gasteiger partial charge in [0.05, 0.1) is 5.69 Å². The van der Waals surface area contributed by atoms with Crippen molar-refractivity contribution in [2.45, 2.75) is 31.6 Å². The van der Waals surface area contributed by atoms with Crippen molar-refractivity contribution in [2.24, 2.45) is 5.73 Å². The maximum absolute atomic E-state index is 5.53. The first kappa shape index (κ1) is 12.5. The van der Waals surface area contributed by atoms with E-state index < -0.39 is 0 Å². The quantitative estimate of drug-likeness (QED) is 0.836. The van der Waals surface area contributed by atoms with Crippen molar-refractivity contribution in [2.75, 3.05) is 19.6 Å². The van der Waals surface area contributed by atoms with Gasteiger partial charge in [-0.3, -0.25) is 0 Å². The van der Waals surface area contributed by atoms with Crippen LogP contribution in [0.5, 0.6) is 0 Å². The van der Waals surface area contributed by atoms with E-state index >= 15 is 0 Å². The fourth-order valence-corrected chi connectivity index (χ4v) is 2.63. The highest BCUT2D eigenvalue weighted by Crippen LogP contribution is 2.22. The van der Waals surface area contributed by atoms with Crippen LogP contribution in [0.1, 0.15) is 36.7 Å². The van der Waals surface area contributed by atoms with Gasteiger partial charge in [-0.15, -0.1) is 5.10 Å². The van der Waals surface area contributed by atoms with E-state index in [0.717, 1.165) is 31.8 Å². The second-order valence-electron chi connectivity index (χ2n) is 5.05. The van der Waals surface area contributed by atoms with Crippen molar-refractivity contribution >= 4 is 5.78 Å². The third kappa shape index (κ3) is 2.59. The summed E-state index contributed by atoms with van der Waals surface area (Å²) in [6.45, 7) is 2.79. The monoisotopic (exact) mass is 260 g/mol. The molecule has 6 nitrogen and oxygen atoms in total. The average molecular weight is 260 g/mol. The van der Waals surface area contributed by atoms with Crippen molar-refractivity contribution in [3.05, 3.63) is 23.8 Å². The van der Waals surface area contributed by atoms with Crippen LogP contribution in [0.25, 0.3) is 5.78 Å². The van der Waals surface area contributed by atoms with Crippen LogP contribution in [0, 0.1) is 0 Å². The van der Waals surface area contributed by atoms with E-state index in [4.69, 9.17) is 5.73 Å². The van der Waals surface area contributed by atoms with Crippen molar-refractivity contribution in [3.8, 4) is 0 Å². The molecule has 102 valence electrons. The van der Waals surface area contributed by atoms with Gasteiger partial charge in [0.15, 0.2) is 5.82 Å². The molecule has 1 aliphatic rings. The fraction of sp³-hybridized carbons (Fsp3) is 0.615. The van der Waals surface area contributed by atoms with Crippen LogP contribution in [-0.4, -0.2) is 39.2 Å². The summed E-state index contributed by atoms with van der Waals surface area (Å²) in [6.07, 6.45) is 5.98. The molecule has 2 aromatic heterocycles. The molecule has 3 rings (SSSR count). The van der Waals surface area contributed by atoms with Gasteiger partial charge in [0.2, 0.25) is 0 Å². The summed E-state index contributed by atoms with van der Waals surface area (Å²) in [7, 11) is 0. The van der Waals surface area contributed by atoms with Gasteiger partial charge in [0.25, 0.3) is 5.78 Å². The first-order valence-electron chi connectivity index (χ1n) is 7.00.